The van der Waals surface area contributed by atoms with Gasteiger partial charge >= 0.3 is 0 Å². The van der Waals surface area contributed by atoms with E-state index in [4.69, 9.17) is 0 Å². The van der Waals surface area contributed by atoms with Crippen molar-refractivity contribution in [1.82, 2.24) is 4.90 Å². The SMILES string of the molecule is Fc1ccc(N[C@H]2CCN(Cc3ccccc3)C2)cc1F. The highest BCUT2D eigenvalue weighted by molar-refractivity contribution is 5.44. The molecule has 1 aliphatic rings. The lowest BCUT2D eigenvalue weighted by Crippen LogP contribution is -2.26. The third kappa shape index (κ3) is 3.58. The molecule has 0 bridgehead atoms. The molecule has 0 aromatic heterocycles. The summed E-state index contributed by atoms with van der Waals surface area (Å²) in [5, 5.41) is 3.28. The van der Waals surface area contributed by atoms with Gasteiger partial charge in [-0.3, -0.25) is 4.90 Å². The van der Waals surface area contributed by atoms with Crippen LogP contribution in [0.2, 0.25) is 0 Å². The minimum atomic E-state index is -0.808. The maximum Gasteiger partial charge on any atom is 0.160 e. The van der Waals surface area contributed by atoms with Crippen molar-refractivity contribution in [2.75, 3.05) is 18.4 Å². The number of anilines is 1. The van der Waals surface area contributed by atoms with Crippen molar-refractivity contribution in [3.8, 4) is 0 Å². The normalized spacial score (nSPS) is 18.9. The van der Waals surface area contributed by atoms with Crippen molar-refractivity contribution < 1.29 is 8.78 Å². The number of benzene rings is 2. The number of rotatable bonds is 4. The molecule has 21 heavy (non-hydrogen) atoms. The van der Waals surface area contributed by atoms with E-state index in [1.165, 1.54) is 11.6 Å². The molecule has 1 atom stereocenters. The smallest absolute Gasteiger partial charge is 0.160 e. The topological polar surface area (TPSA) is 15.3 Å². The average molecular weight is 288 g/mol. The van der Waals surface area contributed by atoms with Gasteiger partial charge in [-0.25, -0.2) is 8.78 Å². The van der Waals surface area contributed by atoms with Gasteiger partial charge in [0, 0.05) is 37.4 Å². The molecular formula is C17H18F2N2. The second kappa shape index (κ2) is 6.22. The van der Waals surface area contributed by atoms with E-state index in [1.54, 1.807) is 6.07 Å². The molecule has 2 nitrogen and oxygen atoms in total. The molecular weight excluding hydrogens is 270 g/mol. The van der Waals surface area contributed by atoms with E-state index in [0.29, 0.717) is 5.69 Å². The van der Waals surface area contributed by atoms with Crippen molar-refractivity contribution in [3.63, 3.8) is 0 Å². The maximum absolute atomic E-state index is 13.2. The van der Waals surface area contributed by atoms with Gasteiger partial charge in [0.05, 0.1) is 0 Å². The monoisotopic (exact) mass is 288 g/mol. The van der Waals surface area contributed by atoms with E-state index in [0.717, 1.165) is 32.1 Å². The summed E-state index contributed by atoms with van der Waals surface area (Å²) < 4.78 is 26.1. The minimum absolute atomic E-state index is 0.276. The highest BCUT2D eigenvalue weighted by Crippen LogP contribution is 2.19. The molecule has 1 fully saturated rings. The van der Waals surface area contributed by atoms with Crippen molar-refractivity contribution in [3.05, 3.63) is 65.7 Å². The van der Waals surface area contributed by atoms with Gasteiger partial charge in [-0.15, -0.1) is 0 Å². The van der Waals surface area contributed by atoms with Crippen molar-refractivity contribution >= 4 is 5.69 Å². The molecule has 0 spiro atoms. The third-order valence-electron chi connectivity index (χ3n) is 3.81. The Morgan fingerprint density at radius 3 is 2.62 bits per heavy atom. The maximum atomic E-state index is 13.2. The van der Waals surface area contributed by atoms with Crippen LogP contribution in [0.25, 0.3) is 0 Å². The zero-order valence-corrected chi connectivity index (χ0v) is 11.7. The zero-order chi connectivity index (χ0) is 14.7. The van der Waals surface area contributed by atoms with Gasteiger partial charge in [-0.05, 0) is 24.1 Å². The molecule has 0 unspecified atom stereocenters. The first-order chi connectivity index (χ1) is 10.2. The van der Waals surface area contributed by atoms with E-state index in [9.17, 15) is 8.78 Å². The van der Waals surface area contributed by atoms with Crippen LogP contribution in [-0.2, 0) is 6.54 Å². The molecule has 110 valence electrons. The van der Waals surface area contributed by atoms with Crippen LogP contribution in [0.15, 0.2) is 48.5 Å². The lowest BCUT2D eigenvalue weighted by molar-refractivity contribution is 0.328. The summed E-state index contributed by atoms with van der Waals surface area (Å²) in [5.74, 6) is -1.61. The Bertz CT molecular complexity index is 601. The van der Waals surface area contributed by atoms with Crippen LogP contribution in [-0.4, -0.2) is 24.0 Å². The predicted molar refractivity (Wildman–Crippen MR) is 80.1 cm³/mol. The van der Waals surface area contributed by atoms with Crippen LogP contribution in [0, 0.1) is 11.6 Å². The molecule has 0 aliphatic carbocycles. The van der Waals surface area contributed by atoms with Gasteiger partial charge in [-0.2, -0.15) is 0 Å². The summed E-state index contributed by atoms with van der Waals surface area (Å²) in [6.07, 6.45) is 1.01. The largest absolute Gasteiger partial charge is 0.381 e. The van der Waals surface area contributed by atoms with Crippen LogP contribution in [0.4, 0.5) is 14.5 Å². The molecule has 1 saturated heterocycles. The summed E-state index contributed by atoms with van der Waals surface area (Å²) in [4.78, 5) is 2.37. The Labute approximate surface area is 123 Å². The van der Waals surface area contributed by atoms with E-state index < -0.39 is 11.6 Å². The summed E-state index contributed by atoms with van der Waals surface area (Å²) >= 11 is 0. The van der Waals surface area contributed by atoms with Crippen LogP contribution in [0.5, 0.6) is 0 Å². The Morgan fingerprint density at radius 1 is 1.05 bits per heavy atom. The summed E-state index contributed by atoms with van der Waals surface area (Å²) in [7, 11) is 0. The number of likely N-dealkylation sites (tertiary alicyclic amines) is 1. The third-order valence-corrected chi connectivity index (χ3v) is 3.81. The van der Waals surface area contributed by atoms with Crippen LogP contribution < -0.4 is 5.32 Å². The Hall–Kier alpha value is -1.94. The van der Waals surface area contributed by atoms with Crippen molar-refractivity contribution in [2.45, 2.75) is 19.0 Å². The van der Waals surface area contributed by atoms with Crippen LogP contribution in [0.1, 0.15) is 12.0 Å². The Kier molecular flexibility index (Phi) is 4.15. The molecule has 1 N–H and O–H groups in total. The highest BCUT2D eigenvalue weighted by Gasteiger charge is 2.22. The number of nitrogens with one attached hydrogen (secondary N) is 1. The molecule has 4 heteroatoms. The van der Waals surface area contributed by atoms with Crippen molar-refractivity contribution in [1.29, 1.82) is 0 Å². The van der Waals surface area contributed by atoms with Gasteiger partial charge in [0.1, 0.15) is 0 Å². The number of nitrogens with zero attached hydrogens (tertiary/aromatic N) is 1. The number of hydrogen-bond acceptors (Lipinski definition) is 2. The van der Waals surface area contributed by atoms with E-state index in [2.05, 4.69) is 22.3 Å². The zero-order valence-electron chi connectivity index (χ0n) is 11.7. The fraction of sp³-hybridized carbons (Fsp3) is 0.294. The predicted octanol–water partition coefficient (Wildman–Crippen LogP) is 3.65. The van der Waals surface area contributed by atoms with E-state index in [1.807, 2.05) is 18.2 Å². The lowest BCUT2D eigenvalue weighted by Gasteiger charge is -2.17. The van der Waals surface area contributed by atoms with Gasteiger partial charge < -0.3 is 5.32 Å². The summed E-state index contributed by atoms with van der Waals surface area (Å²) in [6, 6.07) is 14.6. The second-order valence-electron chi connectivity index (χ2n) is 5.48. The van der Waals surface area contributed by atoms with E-state index >= 15 is 0 Å². The fourth-order valence-corrected chi connectivity index (χ4v) is 2.76. The van der Waals surface area contributed by atoms with E-state index in [-0.39, 0.29) is 6.04 Å². The Morgan fingerprint density at radius 2 is 1.86 bits per heavy atom. The first-order valence-corrected chi connectivity index (χ1v) is 7.18. The first-order valence-electron chi connectivity index (χ1n) is 7.18. The average Bonchev–Trinajstić information content (AvgIpc) is 2.91. The first kappa shape index (κ1) is 14.0. The molecule has 1 aliphatic heterocycles. The molecule has 0 radical (unpaired) electrons. The molecule has 1 heterocycles. The minimum Gasteiger partial charge on any atom is -0.381 e. The van der Waals surface area contributed by atoms with Crippen LogP contribution in [0.3, 0.4) is 0 Å². The van der Waals surface area contributed by atoms with Crippen LogP contribution >= 0.6 is 0 Å². The van der Waals surface area contributed by atoms with Gasteiger partial charge in [0.2, 0.25) is 0 Å². The van der Waals surface area contributed by atoms with Gasteiger partial charge in [0.15, 0.2) is 11.6 Å². The number of halogens is 2. The quantitative estimate of drug-likeness (QED) is 0.924. The lowest BCUT2D eigenvalue weighted by atomic mass is 10.2. The molecule has 3 rings (SSSR count). The summed E-state index contributed by atoms with van der Waals surface area (Å²) in [6.45, 7) is 2.85. The Balaban J connectivity index is 1.56. The highest BCUT2D eigenvalue weighted by atomic mass is 19.2. The molecule has 2 aromatic rings. The molecule has 0 amide bonds. The van der Waals surface area contributed by atoms with Gasteiger partial charge in [-0.1, -0.05) is 30.3 Å². The molecule has 2 aromatic carbocycles. The van der Waals surface area contributed by atoms with Crippen molar-refractivity contribution in [2.24, 2.45) is 0 Å². The summed E-state index contributed by atoms with van der Waals surface area (Å²) in [5.41, 5.74) is 1.94. The van der Waals surface area contributed by atoms with Gasteiger partial charge in [0.25, 0.3) is 0 Å². The standard InChI is InChI=1S/C17H18F2N2/c18-16-7-6-14(10-17(16)19)20-15-8-9-21(12-15)11-13-4-2-1-3-5-13/h1-7,10,15,20H,8-9,11-12H2/t15-/m0/s1. The molecule has 0 saturated carbocycles. The fourth-order valence-electron chi connectivity index (χ4n) is 2.76. The number of hydrogen-bond donors (Lipinski definition) is 1. The second-order valence-corrected chi connectivity index (χ2v) is 5.48.